The first-order valence-electron chi connectivity index (χ1n) is 7.08. The zero-order valence-electron chi connectivity index (χ0n) is 11.8. The normalized spacial score (nSPS) is 20.3. The van der Waals surface area contributed by atoms with E-state index in [0.717, 1.165) is 24.7 Å². The summed E-state index contributed by atoms with van der Waals surface area (Å²) in [6, 6.07) is 8.99. The Bertz CT molecular complexity index is 375. The van der Waals surface area contributed by atoms with E-state index in [0.29, 0.717) is 12.0 Å². The maximum atomic E-state index is 5.89. The molecule has 2 unspecified atom stereocenters. The summed E-state index contributed by atoms with van der Waals surface area (Å²) >= 11 is 0. The highest BCUT2D eigenvalue weighted by Crippen LogP contribution is 2.29. The molecule has 0 bridgehead atoms. The molecule has 1 aromatic carbocycles. The van der Waals surface area contributed by atoms with Gasteiger partial charge in [0.25, 0.3) is 0 Å². The van der Waals surface area contributed by atoms with Gasteiger partial charge in [0, 0.05) is 12.0 Å². The van der Waals surface area contributed by atoms with Crippen LogP contribution in [0.2, 0.25) is 0 Å². The van der Waals surface area contributed by atoms with Crippen LogP contribution in [-0.2, 0) is 6.42 Å². The molecule has 1 aliphatic heterocycles. The van der Waals surface area contributed by atoms with Crippen molar-refractivity contribution in [1.82, 2.24) is 5.32 Å². The van der Waals surface area contributed by atoms with Gasteiger partial charge in [0.15, 0.2) is 0 Å². The number of fused-ring (bicyclic) bond motifs is 1. The van der Waals surface area contributed by atoms with Gasteiger partial charge in [-0.15, -0.1) is 0 Å². The van der Waals surface area contributed by atoms with Crippen LogP contribution in [0.1, 0.15) is 32.3 Å². The van der Waals surface area contributed by atoms with Crippen molar-refractivity contribution >= 4 is 0 Å². The Morgan fingerprint density at radius 2 is 2.06 bits per heavy atom. The number of ether oxygens (including phenoxy) is 1. The van der Waals surface area contributed by atoms with Gasteiger partial charge in [0.1, 0.15) is 5.75 Å². The Morgan fingerprint density at radius 1 is 1.28 bits per heavy atom. The Labute approximate surface area is 111 Å². The quantitative estimate of drug-likeness (QED) is 0.862. The summed E-state index contributed by atoms with van der Waals surface area (Å²) in [5.41, 5.74) is 1.36. The lowest BCUT2D eigenvalue weighted by Gasteiger charge is -2.32. The standard InChI is InChI=1S/C16H25NO/c1-12(2)8-9-15(17-3)14-10-13-6-4-5-7-16(13)18-11-14/h4-7,12,14-15,17H,8-11H2,1-3H3. The smallest absolute Gasteiger partial charge is 0.122 e. The lowest BCUT2D eigenvalue weighted by Crippen LogP contribution is -2.40. The summed E-state index contributed by atoms with van der Waals surface area (Å²) < 4.78 is 5.89. The van der Waals surface area contributed by atoms with E-state index >= 15 is 0 Å². The summed E-state index contributed by atoms with van der Waals surface area (Å²) in [4.78, 5) is 0. The molecule has 1 heterocycles. The second-order valence-electron chi connectivity index (χ2n) is 5.75. The van der Waals surface area contributed by atoms with E-state index in [4.69, 9.17) is 4.74 Å². The topological polar surface area (TPSA) is 21.3 Å². The fraction of sp³-hybridized carbons (Fsp3) is 0.625. The molecule has 0 aromatic heterocycles. The highest BCUT2D eigenvalue weighted by molar-refractivity contribution is 5.35. The lowest BCUT2D eigenvalue weighted by molar-refractivity contribution is 0.180. The van der Waals surface area contributed by atoms with Crippen LogP contribution < -0.4 is 10.1 Å². The van der Waals surface area contributed by atoms with Gasteiger partial charge in [-0.1, -0.05) is 32.0 Å². The molecule has 0 amide bonds. The maximum Gasteiger partial charge on any atom is 0.122 e. The molecule has 2 rings (SSSR count). The molecule has 0 saturated carbocycles. The highest BCUT2D eigenvalue weighted by Gasteiger charge is 2.26. The van der Waals surface area contributed by atoms with Crippen LogP contribution in [-0.4, -0.2) is 19.7 Å². The summed E-state index contributed by atoms with van der Waals surface area (Å²) in [5, 5.41) is 3.48. The minimum absolute atomic E-state index is 0.570. The molecule has 0 aliphatic carbocycles. The van der Waals surface area contributed by atoms with Crippen LogP contribution in [0.3, 0.4) is 0 Å². The lowest BCUT2D eigenvalue weighted by atomic mass is 9.87. The van der Waals surface area contributed by atoms with Crippen molar-refractivity contribution in [2.45, 2.75) is 39.2 Å². The van der Waals surface area contributed by atoms with Crippen molar-refractivity contribution in [2.24, 2.45) is 11.8 Å². The number of rotatable bonds is 5. The number of benzene rings is 1. The van der Waals surface area contributed by atoms with Crippen LogP contribution >= 0.6 is 0 Å². The van der Waals surface area contributed by atoms with Gasteiger partial charge >= 0.3 is 0 Å². The van der Waals surface area contributed by atoms with Crippen molar-refractivity contribution in [2.75, 3.05) is 13.7 Å². The molecule has 1 N–H and O–H groups in total. The van der Waals surface area contributed by atoms with E-state index in [2.05, 4.69) is 44.4 Å². The van der Waals surface area contributed by atoms with E-state index in [1.165, 1.54) is 18.4 Å². The predicted molar refractivity (Wildman–Crippen MR) is 76.1 cm³/mol. The van der Waals surface area contributed by atoms with Gasteiger partial charge in [-0.25, -0.2) is 0 Å². The second-order valence-corrected chi connectivity index (χ2v) is 5.75. The molecule has 0 radical (unpaired) electrons. The Hall–Kier alpha value is -1.02. The summed E-state index contributed by atoms with van der Waals surface area (Å²) in [6.45, 7) is 5.43. The number of para-hydroxylation sites is 1. The minimum atomic E-state index is 0.570. The Morgan fingerprint density at radius 3 is 2.78 bits per heavy atom. The SMILES string of the molecule is CNC(CCC(C)C)C1COc2ccccc2C1. The third-order valence-electron chi connectivity index (χ3n) is 3.90. The highest BCUT2D eigenvalue weighted by atomic mass is 16.5. The second kappa shape index (κ2) is 6.24. The third-order valence-corrected chi connectivity index (χ3v) is 3.90. The van der Waals surface area contributed by atoms with Crippen LogP contribution in [0.5, 0.6) is 5.75 Å². The van der Waals surface area contributed by atoms with Gasteiger partial charge in [-0.05, 0) is 43.9 Å². The molecule has 2 atom stereocenters. The Kier molecular flexibility index (Phi) is 4.65. The molecule has 0 fully saturated rings. The van der Waals surface area contributed by atoms with E-state index < -0.39 is 0 Å². The zero-order valence-corrected chi connectivity index (χ0v) is 11.8. The van der Waals surface area contributed by atoms with Gasteiger partial charge in [-0.3, -0.25) is 0 Å². The van der Waals surface area contributed by atoms with Gasteiger partial charge < -0.3 is 10.1 Å². The summed E-state index contributed by atoms with van der Waals surface area (Å²) in [7, 11) is 2.07. The molecule has 1 aromatic rings. The molecule has 100 valence electrons. The van der Waals surface area contributed by atoms with Crippen LogP contribution in [0.25, 0.3) is 0 Å². The van der Waals surface area contributed by atoms with Gasteiger partial charge in [-0.2, -0.15) is 0 Å². The summed E-state index contributed by atoms with van der Waals surface area (Å²) in [5.74, 6) is 2.45. The molecular weight excluding hydrogens is 222 g/mol. The van der Waals surface area contributed by atoms with Crippen molar-refractivity contribution in [3.8, 4) is 5.75 Å². The van der Waals surface area contributed by atoms with Crippen LogP contribution in [0, 0.1) is 11.8 Å². The van der Waals surface area contributed by atoms with Crippen molar-refractivity contribution < 1.29 is 4.74 Å². The molecule has 1 aliphatic rings. The first-order chi connectivity index (χ1) is 8.70. The average molecular weight is 247 g/mol. The minimum Gasteiger partial charge on any atom is -0.493 e. The van der Waals surface area contributed by atoms with E-state index in [9.17, 15) is 0 Å². The van der Waals surface area contributed by atoms with Crippen molar-refractivity contribution in [1.29, 1.82) is 0 Å². The number of hydrogen-bond acceptors (Lipinski definition) is 2. The summed E-state index contributed by atoms with van der Waals surface area (Å²) in [6.07, 6.45) is 3.66. The van der Waals surface area contributed by atoms with Crippen molar-refractivity contribution in [3.63, 3.8) is 0 Å². The zero-order chi connectivity index (χ0) is 13.0. The molecule has 2 heteroatoms. The number of nitrogens with one attached hydrogen (secondary N) is 1. The fourth-order valence-electron chi connectivity index (χ4n) is 2.74. The molecule has 18 heavy (non-hydrogen) atoms. The maximum absolute atomic E-state index is 5.89. The third kappa shape index (κ3) is 3.26. The van der Waals surface area contributed by atoms with E-state index in [1.807, 2.05) is 6.07 Å². The van der Waals surface area contributed by atoms with Gasteiger partial charge in [0.2, 0.25) is 0 Å². The van der Waals surface area contributed by atoms with Gasteiger partial charge in [0.05, 0.1) is 6.61 Å². The molecule has 2 nitrogen and oxygen atoms in total. The molecule has 0 spiro atoms. The largest absolute Gasteiger partial charge is 0.493 e. The van der Waals surface area contributed by atoms with E-state index in [1.54, 1.807) is 0 Å². The molecular formula is C16H25NO. The Balaban J connectivity index is 1.98. The predicted octanol–water partition coefficient (Wildman–Crippen LogP) is 3.26. The first kappa shape index (κ1) is 13.4. The van der Waals surface area contributed by atoms with E-state index in [-0.39, 0.29) is 0 Å². The monoisotopic (exact) mass is 247 g/mol. The van der Waals surface area contributed by atoms with Crippen LogP contribution in [0.15, 0.2) is 24.3 Å². The first-order valence-corrected chi connectivity index (χ1v) is 7.08. The van der Waals surface area contributed by atoms with Crippen LogP contribution in [0.4, 0.5) is 0 Å². The fourth-order valence-corrected chi connectivity index (χ4v) is 2.74. The number of hydrogen-bond donors (Lipinski definition) is 1. The van der Waals surface area contributed by atoms with Crippen molar-refractivity contribution in [3.05, 3.63) is 29.8 Å². The molecule has 0 saturated heterocycles. The average Bonchev–Trinajstić information content (AvgIpc) is 2.39.